The molecule has 1 aromatic rings. The van der Waals surface area contributed by atoms with Crippen molar-refractivity contribution in [2.45, 2.75) is 44.3 Å². The largest absolute Gasteiger partial charge is 0.312 e. The molecule has 2 aliphatic rings. The Kier molecular flexibility index (Phi) is 4.20. The molecule has 2 aliphatic heterocycles. The number of halogens is 2. The minimum Gasteiger partial charge on any atom is -0.312 e. The van der Waals surface area contributed by atoms with Crippen molar-refractivity contribution in [2.24, 2.45) is 0 Å². The summed E-state index contributed by atoms with van der Waals surface area (Å²) in [6, 6.07) is 6.42. The molecule has 2 unspecified atom stereocenters. The number of benzene rings is 1. The van der Waals surface area contributed by atoms with E-state index in [0.29, 0.717) is 12.1 Å². The first kappa shape index (κ1) is 13.5. The fourth-order valence-electron chi connectivity index (χ4n) is 3.43. The molecule has 0 radical (unpaired) electrons. The Hall–Kier alpha value is -0.450. The maximum Gasteiger partial charge on any atom is 0.127 e. The third-order valence-electron chi connectivity index (χ3n) is 4.36. The lowest BCUT2D eigenvalue weighted by molar-refractivity contribution is 0.204. The van der Waals surface area contributed by atoms with Crippen LogP contribution in [-0.2, 0) is 6.54 Å². The van der Waals surface area contributed by atoms with Crippen LogP contribution in [0.1, 0.15) is 31.2 Å². The van der Waals surface area contributed by atoms with E-state index in [1.807, 2.05) is 6.07 Å². The number of nitrogens with zero attached hydrogens (tertiary/aromatic N) is 1. The van der Waals surface area contributed by atoms with Crippen molar-refractivity contribution in [1.82, 2.24) is 10.2 Å². The molecule has 2 heterocycles. The van der Waals surface area contributed by atoms with Crippen molar-refractivity contribution in [1.29, 1.82) is 0 Å². The highest BCUT2D eigenvalue weighted by Crippen LogP contribution is 2.27. The van der Waals surface area contributed by atoms with Crippen LogP contribution in [0, 0.1) is 5.82 Å². The molecule has 3 rings (SSSR count). The lowest BCUT2D eigenvalue weighted by Gasteiger charge is -2.29. The Bertz CT molecular complexity index is 446. The van der Waals surface area contributed by atoms with Crippen LogP contribution in [-0.4, -0.2) is 30.1 Å². The maximum atomic E-state index is 13.9. The lowest BCUT2D eigenvalue weighted by atomic mass is 10.0. The number of nitrogens with one attached hydrogen (secondary N) is 1. The van der Waals surface area contributed by atoms with Crippen molar-refractivity contribution < 1.29 is 4.39 Å². The van der Waals surface area contributed by atoms with Gasteiger partial charge in [-0.05, 0) is 57.0 Å². The van der Waals surface area contributed by atoms with Crippen LogP contribution >= 0.6 is 15.9 Å². The summed E-state index contributed by atoms with van der Waals surface area (Å²) >= 11 is 3.43. The zero-order valence-corrected chi connectivity index (χ0v) is 12.6. The van der Waals surface area contributed by atoms with Crippen LogP contribution in [0.4, 0.5) is 4.39 Å². The highest BCUT2D eigenvalue weighted by molar-refractivity contribution is 9.10. The van der Waals surface area contributed by atoms with Crippen LogP contribution in [0.3, 0.4) is 0 Å². The quantitative estimate of drug-likeness (QED) is 0.916. The molecule has 2 atom stereocenters. The van der Waals surface area contributed by atoms with E-state index in [1.165, 1.54) is 25.7 Å². The Morgan fingerprint density at radius 3 is 3.00 bits per heavy atom. The summed E-state index contributed by atoms with van der Waals surface area (Å²) in [5.74, 6) is -0.0896. The van der Waals surface area contributed by atoms with Crippen LogP contribution in [0.15, 0.2) is 22.7 Å². The third-order valence-corrected chi connectivity index (χ3v) is 4.85. The fourth-order valence-corrected chi connectivity index (χ4v) is 3.84. The number of hydrogen-bond acceptors (Lipinski definition) is 2. The Balaban J connectivity index is 1.72. The van der Waals surface area contributed by atoms with Crippen molar-refractivity contribution in [3.8, 4) is 0 Å². The van der Waals surface area contributed by atoms with E-state index in [4.69, 9.17) is 0 Å². The van der Waals surface area contributed by atoms with E-state index < -0.39 is 0 Å². The fraction of sp³-hybridized carbons (Fsp3) is 0.600. The van der Waals surface area contributed by atoms with Crippen molar-refractivity contribution in [2.75, 3.05) is 13.1 Å². The van der Waals surface area contributed by atoms with E-state index in [1.54, 1.807) is 12.1 Å². The molecule has 104 valence electrons. The first-order valence-corrected chi connectivity index (χ1v) is 7.95. The monoisotopic (exact) mass is 326 g/mol. The molecule has 1 aromatic carbocycles. The van der Waals surface area contributed by atoms with Gasteiger partial charge in [-0.3, -0.25) is 4.90 Å². The average Bonchev–Trinajstić information content (AvgIpc) is 3.03. The second kappa shape index (κ2) is 5.90. The van der Waals surface area contributed by atoms with E-state index in [0.717, 1.165) is 29.7 Å². The molecule has 0 bridgehead atoms. The molecule has 0 aromatic heterocycles. The third kappa shape index (κ3) is 3.01. The first-order chi connectivity index (χ1) is 9.24. The van der Waals surface area contributed by atoms with Gasteiger partial charge in [0.05, 0.1) is 0 Å². The van der Waals surface area contributed by atoms with Crippen LogP contribution in [0.5, 0.6) is 0 Å². The molecule has 2 saturated heterocycles. The molecule has 0 amide bonds. The van der Waals surface area contributed by atoms with Gasteiger partial charge in [0.15, 0.2) is 0 Å². The first-order valence-electron chi connectivity index (χ1n) is 7.15. The Morgan fingerprint density at radius 1 is 1.32 bits per heavy atom. The van der Waals surface area contributed by atoms with E-state index in [2.05, 4.69) is 26.1 Å². The van der Waals surface area contributed by atoms with Crippen molar-refractivity contribution >= 4 is 15.9 Å². The van der Waals surface area contributed by atoms with Gasteiger partial charge in [-0.15, -0.1) is 0 Å². The second-order valence-corrected chi connectivity index (χ2v) is 6.53. The molecule has 1 N–H and O–H groups in total. The minimum absolute atomic E-state index is 0.0896. The molecular formula is C15H20BrFN2. The van der Waals surface area contributed by atoms with Gasteiger partial charge in [-0.25, -0.2) is 4.39 Å². The lowest BCUT2D eigenvalue weighted by Crippen LogP contribution is -2.43. The molecule has 19 heavy (non-hydrogen) atoms. The van der Waals surface area contributed by atoms with E-state index in [-0.39, 0.29) is 5.82 Å². The second-order valence-electron chi connectivity index (χ2n) is 5.62. The maximum absolute atomic E-state index is 13.9. The van der Waals surface area contributed by atoms with Gasteiger partial charge in [0, 0.05) is 28.7 Å². The molecule has 0 aliphatic carbocycles. The summed E-state index contributed by atoms with van der Waals surface area (Å²) in [5, 5.41) is 3.60. The normalized spacial score (nSPS) is 28.1. The standard InChI is InChI=1S/C15H20BrFN2/c16-12-5-6-13(17)11(9-12)10-19-8-2-4-15(19)14-3-1-7-18-14/h5-6,9,14-15,18H,1-4,7-8,10H2. The zero-order valence-electron chi connectivity index (χ0n) is 11.0. The van der Waals surface area contributed by atoms with Gasteiger partial charge in [0.1, 0.15) is 5.82 Å². The van der Waals surface area contributed by atoms with Crippen LogP contribution in [0.25, 0.3) is 0 Å². The predicted octanol–water partition coefficient (Wildman–Crippen LogP) is 3.30. The Morgan fingerprint density at radius 2 is 2.21 bits per heavy atom. The summed E-state index contributed by atoms with van der Waals surface area (Å²) in [6.45, 7) is 2.96. The summed E-state index contributed by atoms with van der Waals surface area (Å²) in [7, 11) is 0. The summed E-state index contributed by atoms with van der Waals surface area (Å²) < 4.78 is 14.8. The van der Waals surface area contributed by atoms with Gasteiger partial charge in [-0.1, -0.05) is 15.9 Å². The minimum atomic E-state index is -0.0896. The molecule has 0 saturated carbocycles. The van der Waals surface area contributed by atoms with Gasteiger partial charge < -0.3 is 5.32 Å². The Labute approximate surface area is 122 Å². The molecule has 2 fully saturated rings. The number of rotatable bonds is 3. The average molecular weight is 327 g/mol. The van der Waals surface area contributed by atoms with Crippen LogP contribution in [0.2, 0.25) is 0 Å². The van der Waals surface area contributed by atoms with Crippen molar-refractivity contribution in [3.63, 3.8) is 0 Å². The highest BCUT2D eigenvalue weighted by atomic mass is 79.9. The van der Waals surface area contributed by atoms with Gasteiger partial charge >= 0.3 is 0 Å². The molecular weight excluding hydrogens is 307 g/mol. The SMILES string of the molecule is Fc1ccc(Br)cc1CN1CCCC1C1CCCN1. The summed E-state index contributed by atoms with van der Waals surface area (Å²) in [6.07, 6.45) is 5.02. The topological polar surface area (TPSA) is 15.3 Å². The predicted molar refractivity (Wildman–Crippen MR) is 78.6 cm³/mol. The number of likely N-dealkylation sites (tertiary alicyclic amines) is 1. The van der Waals surface area contributed by atoms with E-state index >= 15 is 0 Å². The smallest absolute Gasteiger partial charge is 0.127 e. The van der Waals surface area contributed by atoms with E-state index in [9.17, 15) is 4.39 Å². The van der Waals surface area contributed by atoms with Gasteiger partial charge in [0.2, 0.25) is 0 Å². The van der Waals surface area contributed by atoms with Gasteiger partial charge in [0.25, 0.3) is 0 Å². The molecule has 2 nitrogen and oxygen atoms in total. The summed E-state index contributed by atoms with van der Waals surface area (Å²) in [5.41, 5.74) is 0.805. The highest BCUT2D eigenvalue weighted by Gasteiger charge is 2.33. The number of hydrogen-bond donors (Lipinski definition) is 1. The molecule has 4 heteroatoms. The van der Waals surface area contributed by atoms with Crippen molar-refractivity contribution in [3.05, 3.63) is 34.1 Å². The van der Waals surface area contributed by atoms with Gasteiger partial charge in [-0.2, -0.15) is 0 Å². The zero-order chi connectivity index (χ0) is 13.2. The van der Waals surface area contributed by atoms with Crippen LogP contribution < -0.4 is 5.32 Å². The molecule has 0 spiro atoms. The summed E-state index contributed by atoms with van der Waals surface area (Å²) in [4.78, 5) is 2.45.